The van der Waals surface area contributed by atoms with Crippen LogP contribution in [0.3, 0.4) is 0 Å². The molecular formula is C12H17FN2O3. The Morgan fingerprint density at radius 3 is 3.06 bits per heavy atom. The second-order valence-corrected chi connectivity index (χ2v) is 4.83. The van der Waals surface area contributed by atoms with Gasteiger partial charge in [0.1, 0.15) is 5.60 Å². The fraction of sp³-hybridized carbons (Fsp3) is 0.667. The van der Waals surface area contributed by atoms with E-state index in [0.717, 1.165) is 6.20 Å². The minimum absolute atomic E-state index is 0.0175. The Labute approximate surface area is 105 Å². The van der Waals surface area contributed by atoms with Crippen molar-refractivity contribution in [2.75, 3.05) is 13.2 Å². The first-order valence-corrected chi connectivity index (χ1v) is 5.98. The van der Waals surface area contributed by atoms with Gasteiger partial charge in [0.15, 0.2) is 0 Å². The van der Waals surface area contributed by atoms with Crippen LogP contribution in [0.5, 0.6) is 0 Å². The quantitative estimate of drug-likeness (QED) is 0.805. The summed E-state index contributed by atoms with van der Waals surface area (Å²) in [5.41, 5.74) is -1.24. The number of rotatable bonds is 4. The van der Waals surface area contributed by atoms with E-state index in [0.29, 0.717) is 19.6 Å². The lowest BCUT2D eigenvalue weighted by Crippen LogP contribution is -2.43. The van der Waals surface area contributed by atoms with Crippen molar-refractivity contribution in [2.45, 2.75) is 38.5 Å². The van der Waals surface area contributed by atoms with Crippen LogP contribution in [0, 0.1) is 5.82 Å². The third-order valence-corrected chi connectivity index (χ3v) is 2.87. The van der Waals surface area contributed by atoms with E-state index in [2.05, 4.69) is 4.98 Å². The molecule has 0 spiro atoms. The summed E-state index contributed by atoms with van der Waals surface area (Å²) in [4.78, 5) is 15.3. The average Bonchev–Trinajstić information content (AvgIpc) is 2.72. The van der Waals surface area contributed by atoms with Crippen LogP contribution in [0.25, 0.3) is 0 Å². The molecular weight excluding hydrogens is 239 g/mol. The van der Waals surface area contributed by atoms with E-state index in [-0.39, 0.29) is 12.6 Å². The van der Waals surface area contributed by atoms with Gasteiger partial charge in [0.25, 0.3) is 5.56 Å². The maximum atomic E-state index is 13.2. The third-order valence-electron chi connectivity index (χ3n) is 2.87. The first-order valence-electron chi connectivity index (χ1n) is 5.98. The van der Waals surface area contributed by atoms with E-state index >= 15 is 0 Å². The fourth-order valence-electron chi connectivity index (χ4n) is 2.19. The molecule has 0 bridgehead atoms. The maximum Gasteiger partial charge on any atom is 0.289 e. The standard InChI is InChI=1S/C12H17FN2O3/c1-9(2)18-12(3-4-17-7-12)6-15-8-14-5-10(13)11(15)16/h5,8-9H,3-4,6-7H2,1-2H3. The smallest absolute Gasteiger partial charge is 0.289 e. The van der Waals surface area contributed by atoms with Gasteiger partial charge in [-0.3, -0.25) is 9.36 Å². The van der Waals surface area contributed by atoms with E-state index in [1.54, 1.807) is 0 Å². The van der Waals surface area contributed by atoms with Crippen molar-refractivity contribution in [3.05, 3.63) is 28.7 Å². The monoisotopic (exact) mass is 256 g/mol. The fourth-order valence-corrected chi connectivity index (χ4v) is 2.19. The van der Waals surface area contributed by atoms with Gasteiger partial charge < -0.3 is 9.47 Å². The van der Waals surface area contributed by atoms with Crippen molar-refractivity contribution < 1.29 is 13.9 Å². The number of halogens is 1. The van der Waals surface area contributed by atoms with Gasteiger partial charge in [-0.25, -0.2) is 4.98 Å². The molecule has 6 heteroatoms. The summed E-state index contributed by atoms with van der Waals surface area (Å²) in [6, 6.07) is 0. The van der Waals surface area contributed by atoms with Crippen molar-refractivity contribution in [1.82, 2.24) is 9.55 Å². The summed E-state index contributed by atoms with van der Waals surface area (Å²) in [5.74, 6) is -0.851. The Morgan fingerprint density at radius 1 is 1.67 bits per heavy atom. The zero-order valence-electron chi connectivity index (χ0n) is 10.6. The lowest BCUT2D eigenvalue weighted by atomic mass is 10.0. The lowest BCUT2D eigenvalue weighted by molar-refractivity contribution is -0.0920. The molecule has 0 amide bonds. The van der Waals surface area contributed by atoms with Crippen molar-refractivity contribution in [2.24, 2.45) is 0 Å². The molecule has 1 aromatic rings. The number of hydrogen-bond donors (Lipinski definition) is 0. The second kappa shape index (κ2) is 5.16. The summed E-state index contributed by atoms with van der Waals surface area (Å²) >= 11 is 0. The molecule has 1 saturated heterocycles. The van der Waals surface area contributed by atoms with Gasteiger partial charge in [-0.15, -0.1) is 0 Å². The number of ether oxygens (including phenoxy) is 2. The Hall–Kier alpha value is -1.27. The number of nitrogens with zero attached hydrogens (tertiary/aromatic N) is 2. The third kappa shape index (κ3) is 2.76. The largest absolute Gasteiger partial charge is 0.378 e. The summed E-state index contributed by atoms with van der Waals surface area (Å²) in [7, 11) is 0. The predicted octanol–water partition coefficient (Wildman–Crippen LogP) is 0.966. The maximum absolute atomic E-state index is 13.2. The van der Waals surface area contributed by atoms with E-state index in [4.69, 9.17) is 9.47 Å². The molecule has 2 rings (SSSR count). The van der Waals surface area contributed by atoms with Crippen molar-refractivity contribution >= 4 is 0 Å². The molecule has 0 N–H and O–H groups in total. The normalized spacial score (nSPS) is 23.8. The van der Waals surface area contributed by atoms with Crippen LogP contribution in [0.1, 0.15) is 20.3 Å². The Balaban J connectivity index is 2.24. The van der Waals surface area contributed by atoms with Crippen LogP contribution >= 0.6 is 0 Å². The molecule has 2 heterocycles. The summed E-state index contributed by atoms with van der Waals surface area (Å²) in [6.07, 6.45) is 2.95. The van der Waals surface area contributed by atoms with Gasteiger partial charge in [-0.05, 0) is 13.8 Å². The molecule has 0 saturated carbocycles. The lowest BCUT2D eigenvalue weighted by Gasteiger charge is -2.30. The van der Waals surface area contributed by atoms with E-state index in [1.807, 2.05) is 13.8 Å². The highest BCUT2D eigenvalue weighted by Gasteiger charge is 2.37. The molecule has 18 heavy (non-hydrogen) atoms. The first-order chi connectivity index (χ1) is 8.52. The molecule has 1 unspecified atom stereocenters. The molecule has 0 aliphatic carbocycles. The van der Waals surface area contributed by atoms with Crippen LogP contribution in [0.4, 0.5) is 4.39 Å². The van der Waals surface area contributed by atoms with Gasteiger partial charge in [0, 0.05) is 13.0 Å². The van der Waals surface area contributed by atoms with Crippen molar-refractivity contribution in [3.63, 3.8) is 0 Å². The Morgan fingerprint density at radius 2 is 2.44 bits per heavy atom. The van der Waals surface area contributed by atoms with Gasteiger partial charge in [0.05, 0.1) is 31.8 Å². The highest BCUT2D eigenvalue weighted by atomic mass is 19.1. The van der Waals surface area contributed by atoms with Gasteiger partial charge in [-0.1, -0.05) is 0 Å². The highest BCUT2D eigenvalue weighted by molar-refractivity contribution is 4.92. The van der Waals surface area contributed by atoms with Crippen molar-refractivity contribution in [3.8, 4) is 0 Å². The summed E-state index contributed by atoms with van der Waals surface area (Å²) in [6.45, 7) is 5.10. The first kappa shape index (κ1) is 13.2. The SMILES string of the molecule is CC(C)OC1(Cn2cncc(F)c2=O)CCOC1. The zero-order valence-corrected chi connectivity index (χ0v) is 10.6. The average molecular weight is 256 g/mol. The highest BCUT2D eigenvalue weighted by Crippen LogP contribution is 2.26. The van der Waals surface area contributed by atoms with Crippen LogP contribution in [-0.4, -0.2) is 34.5 Å². The molecule has 100 valence electrons. The minimum Gasteiger partial charge on any atom is -0.378 e. The molecule has 1 fully saturated rings. The minimum atomic E-state index is -0.851. The van der Waals surface area contributed by atoms with E-state index < -0.39 is 17.0 Å². The molecule has 0 aromatic carbocycles. The molecule has 5 nitrogen and oxygen atoms in total. The van der Waals surface area contributed by atoms with Crippen LogP contribution in [0.2, 0.25) is 0 Å². The summed E-state index contributed by atoms with van der Waals surface area (Å²) in [5, 5.41) is 0. The number of hydrogen-bond acceptors (Lipinski definition) is 4. The zero-order chi connectivity index (χ0) is 13.2. The van der Waals surface area contributed by atoms with Gasteiger partial charge in [-0.2, -0.15) is 4.39 Å². The van der Waals surface area contributed by atoms with Gasteiger partial charge >= 0.3 is 0 Å². The summed E-state index contributed by atoms with van der Waals surface area (Å²) < 4.78 is 25.6. The van der Waals surface area contributed by atoms with Crippen LogP contribution < -0.4 is 5.56 Å². The number of aromatic nitrogens is 2. The molecule has 1 aromatic heterocycles. The van der Waals surface area contributed by atoms with Crippen LogP contribution in [0.15, 0.2) is 17.3 Å². The molecule has 1 atom stereocenters. The van der Waals surface area contributed by atoms with E-state index in [9.17, 15) is 9.18 Å². The van der Waals surface area contributed by atoms with Crippen LogP contribution in [-0.2, 0) is 16.0 Å². The molecule has 0 radical (unpaired) electrons. The predicted molar refractivity (Wildman–Crippen MR) is 62.8 cm³/mol. The Bertz CT molecular complexity index is 467. The van der Waals surface area contributed by atoms with Gasteiger partial charge in [0.2, 0.25) is 5.82 Å². The molecule has 1 aliphatic heterocycles. The van der Waals surface area contributed by atoms with Crippen molar-refractivity contribution in [1.29, 1.82) is 0 Å². The molecule has 1 aliphatic rings. The topological polar surface area (TPSA) is 53.4 Å². The second-order valence-electron chi connectivity index (χ2n) is 4.83. The van der Waals surface area contributed by atoms with E-state index in [1.165, 1.54) is 10.9 Å². The Kier molecular flexibility index (Phi) is 3.77.